The molecule has 1 aromatic heterocycles. The molecule has 2 atom stereocenters. The summed E-state index contributed by atoms with van der Waals surface area (Å²) >= 11 is 1.64. The van der Waals surface area contributed by atoms with E-state index in [-0.39, 0.29) is 11.9 Å². The molecule has 1 aromatic carbocycles. The van der Waals surface area contributed by atoms with Gasteiger partial charge in [-0.15, -0.1) is 11.3 Å². The molecule has 0 bridgehead atoms. The van der Waals surface area contributed by atoms with Gasteiger partial charge in [0.05, 0.1) is 22.8 Å². The van der Waals surface area contributed by atoms with E-state index in [1.807, 2.05) is 18.2 Å². The molecular weight excluding hydrogens is 270 g/mol. The first kappa shape index (κ1) is 13.5. The molecule has 2 N–H and O–H groups in total. The molecule has 0 aliphatic carbocycles. The van der Waals surface area contributed by atoms with Crippen molar-refractivity contribution < 1.29 is 4.79 Å². The van der Waals surface area contributed by atoms with E-state index in [9.17, 15) is 4.79 Å². The summed E-state index contributed by atoms with van der Waals surface area (Å²) in [7, 11) is 0. The molecule has 0 spiro atoms. The van der Waals surface area contributed by atoms with Gasteiger partial charge in [-0.1, -0.05) is 19.1 Å². The summed E-state index contributed by atoms with van der Waals surface area (Å²) in [6, 6.07) is 8.01. The zero-order valence-corrected chi connectivity index (χ0v) is 12.4. The van der Waals surface area contributed by atoms with Crippen molar-refractivity contribution in [3.05, 3.63) is 29.3 Å². The van der Waals surface area contributed by atoms with E-state index in [1.165, 1.54) is 4.70 Å². The highest BCUT2D eigenvalue weighted by Gasteiger charge is 2.24. The first-order valence-corrected chi connectivity index (χ1v) is 7.89. The Morgan fingerprint density at radius 1 is 1.50 bits per heavy atom. The molecule has 3 rings (SSSR count). The molecule has 4 nitrogen and oxygen atoms in total. The summed E-state index contributed by atoms with van der Waals surface area (Å²) in [5, 5.41) is 7.24. The lowest BCUT2D eigenvalue weighted by atomic mass is 9.94. The number of para-hydroxylation sites is 1. The molecule has 5 heteroatoms. The Morgan fingerprint density at radius 3 is 3.15 bits per heavy atom. The van der Waals surface area contributed by atoms with Crippen LogP contribution in [0.4, 0.5) is 0 Å². The lowest BCUT2D eigenvalue weighted by Gasteiger charge is -2.27. The van der Waals surface area contributed by atoms with E-state index in [4.69, 9.17) is 0 Å². The maximum atomic E-state index is 12.1. The minimum atomic E-state index is -0.0480. The molecule has 2 aromatic rings. The summed E-state index contributed by atoms with van der Waals surface area (Å²) in [4.78, 5) is 16.7. The van der Waals surface area contributed by atoms with Gasteiger partial charge in [-0.05, 0) is 37.4 Å². The number of amides is 1. The average Bonchev–Trinajstić information content (AvgIpc) is 2.87. The molecule has 20 heavy (non-hydrogen) atoms. The Morgan fingerprint density at radius 2 is 2.35 bits per heavy atom. The first-order chi connectivity index (χ1) is 9.72. The number of carbonyl (C=O) groups excluding carboxylic acids is 1. The van der Waals surface area contributed by atoms with Crippen LogP contribution in [0.3, 0.4) is 0 Å². The number of fused-ring (bicyclic) bond motifs is 1. The number of hydrogen-bond acceptors (Lipinski definition) is 4. The highest BCUT2D eigenvalue weighted by Crippen LogP contribution is 2.21. The Balaban J connectivity index is 1.59. The molecule has 1 aliphatic rings. The van der Waals surface area contributed by atoms with Crippen molar-refractivity contribution in [2.75, 3.05) is 6.54 Å². The molecule has 0 radical (unpaired) electrons. The SMILES string of the molecule is CC1CCNC(C(=O)NCc2nc3ccccc3s2)C1. The molecule has 2 unspecified atom stereocenters. The lowest BCUT2D eigenvalue weighted by molar-refractivity contribution is -0.124. The number of nitrogens with one attached hydrogen (secondary N) is 2. The third kappa shape index (κ3) is 2.99. The van der Waals surface area contributed by atoms with Crippen LogP contribution in [0.2, 0.25) is 0 Å². The van der Waals surface area contributed by atoms with Gasteiger partial charge in [0.1, 0.15) is 5.01 Å². The van der Waals surface area contributed by atoms with Crippen molar-refractivity contribution in [2.45, 2.75) is 32.4 Å². The number of aromatic nitrogens is 1. The van der Waals surface area contributed by atoms with E-state index >= 15 is 0 Å². The summed E-state index contributed by atoms with van der Waals surface area (Å²) in [5.74, 6) is 0.713. The Bertz CT molecular complexity index is 577. The molecule has 1 saturated heterocycles. The second kappa shape index (κ2) is 5.89. The number of nitrogens with zero attached hydrogens (tertiary/aromatic N) is 1. The maximum absolute atomic E-state index is 12.1. The zero-order valence-electron chi connectivity index (χ0n) is 11.6. The fourth-order valence-electron chi connectivity index (χ4n) is 2.59. The van der Waals surface area contributed by atoms with Crippen LogP contribution in [0.15, 0.2) is 24.3 Å². The summed E-state index contributed by atoms with van der Waals surface area (Å²) < 4.78 is 1.17. The third-order valence-corrected chi connectivity index (χ3v) is 4.77. The van der Waals surface area contributed by atoms with Crippen LogP contribution >= 0.6 is 11.3 Å². The van der Waals surface area contributed by atoms with E-state index < -0.39 is 0 Å². The van der Waals surface area contributed by atoms with Gasteiger partial charge >= 0.3 is 0 Å². The van der Waals surface area contributed by atoms with Gasteiger partial charge in [0.15, 0.2) is 0 Å². The van der Waals surface area contributed by atoms with Crippen LogP contribution in [0.5, 0.6) is 0 Å². The number of benzene rings is 1. The summed E-state index contributed by atoms with van der Waals surface area (Å²) in [6.45, 7) is 3.65. The largest absolute Gasteiger partial charge is 0.348 e. The van der Waals surface area contributed by atoms with Gasteiger partial charge in [-0.25, -0.2) is 4.98 Å². The lowest BCUT2D eigenvalue weighted by Crippen LogP contribution is -2.48. The monoisotopic (exact) mass is 289 g/mol. The maximum Gasteiger partial charge on any atom is 0.237 e. The quantitative estimate of drug-likeness (QED) is 0.911. The second-order valence-corrected chi connectivity index (χ2v) is 6.54. The molecule has 0 saturated carbocycles. The Kier molecular flexibility index (Phi) is 3.98. The summed E-state index contributed by atoms with van der Waals surface area (Å²) in [6.07, 6.45) is 2.08. The topological polar surface area (TPSA) is 54.0 Å². The molecule has 106 valence electrons. The standard InChI is InChI=1S/C15H19N3OS/c1-10-6-7-16-12(8-10)15(19)17-9-14-18-11-4-2-3-5-13(11)20-14/h2-5,10,12,16H,6-9H2,1H3,(H,17,19). The van der Waals surface area contributed by atoms with Crippen molar-refractivity contribution in [3.63, 3.8) is 0 Å². The van der Waals surface area contributed by atoms with Crippen molar-refractivity contribution in [2.24, 2.45) is 5.92 Å². The Labute approximate surface area is 122 Å². The summed E-state index contributed by atoms with van der Waals surface area (Å²) in [5.41, 5.74) is 1.01. The van der Waals surface area contributed by atoms with Crippen LogP contribution in [0.1, 0.15) is 24.8 Å². The predicted octanol–water partition coefficient (Wildman–Crippen LogP) is 2.30. The molecular formula is C15H19N3OS. The number of rotatable bonds is 3. The van der Waals surface area contributed by atoms with Gasteiger partial charge in [0.25, 0.3) is 0 Å². The highest BCUT2D eigenvalue weighted by atomic mass is 32.1. The minimum Gasteiger partial charge on any atom is -0.348 e. The predicted molar refractivity (Wildman–Crippen MR) is 81.7 cm³/mol. The fraction of sp³-hybridized carbons (Fsp3) is 0.467. The van der Waals surface area contributed by atoms with Gasteiger partial charge in [-0.2, -0.15) is 0 Å². The molecule has 1 fully saturated rings. The van der Waals surface area contributed by atoms with Crippen molar-refractivity contribution in [3.8, 4) is 0 Å². The zero-order chi connectivity index (χ0) is 13.9. The van der Waals surface area contributed by atoms with E-state index in [2.05, 4.69) is 28.6 Å². The van der Waals surface area contributed by atoms with Gasteiger partial charge in [0, 0.05) is 0 Å². The fourth-order valence-corrected chi connectivity index (χ4v) is 3.50. The van der Waals surface area contributed by atoms with E-state index in [0.29, 0.717) is 12.5 Å². The van der Waals surface area contributed by atoms with Crippen molar-refractivity contribution in [1.29, 1.82) is 0 Å². The minimum absolute atomic E-state index is 0.0480. The number of piperidine rings is 1. The van der Waals surface area contributed by atoms with E-state index in [0.717, 1.165) is 29.9 Å². The van der Waals surface area contributed by atoms with Gasteiger partial charge in [-0.3, -0.25) is 4.79 Å². The molecule has 1 aliphatic heterocycles. The van der Waals surface area contributed by atoms with Crippen LogP contribution in [0.25, 0.3) is 10.2 Å². The molecule has 2 heterocycles. The van der Waals surface area contributed by atoms with Crippen LogP contribution in [-0.4, -0.2) is 23.5 Å². The van der Waals surface area contributed by atoms with Crippen molar-refractivity contribution >= 4 is 27.5 Å². The van der Waals surface area contributed by atoms with Gasteiger partial charge < -0.3 is 10.6 Å². The van der Waals surface area contributed by atoms with Gasteiger partial charge in [0.2, 0.25) is 5.91 Å². The van der Waals surface area contributed by atoms with Crippen molar-refractivity contribution in [1.82, 2.24) is 15.6 Å². The molecule has 1 amide bonds. The van der Waals surface area contributed by atoms with Crippen LogP contribution < -0.4 is 10.6 Å². The van der Waals surface area contributed by atoms with Crippen LogP contribution in [-0.2, 0) is 11.3 Å². The average molecular weight is 289 g/mol. The Hall–Kier alpha value is -1.46. The number of carbonyl (C=O) groups is 1. The highest BCUT2D eigenvalue weighted by molar-refractivity contribution is 7.18. The smallest absolute Gasteiger partial charge is 0.237 e. The third-order valence-electron chi connectivity index (χ3n) is 3.73. The first-order valence-electron chi connectivity index (χ1n) is 7.08. The van der Waals surface area contributed by atoms with E-state index in [1.54, 1.807) is 11.3 Å². The number of hydrogen-bond donors (Lipinski definition) is 2. The van der Waals surface area contributed by atoms with Crippen LogP contribution in [0, 0.1) is 5.92 Å². The number of thiazole rings is 1. The normalized spacial score (nSPS) is 22.9. The second-order valence-electron chi connectivity index (χ2n) is 5.43.